The van der Waals surface area contributed by atoms with Crippen LogP contribution in [-0.4, -0.2) is 61.7 Å². The van der Waals surface area contributed by atoms with Gasteiger partial charge in [0.2, 0.25) is 5.91 Å². The number of primary amides is 1. The van der Waals surface area contributed by atoms with Crippen molar-refractivity contribution in [2.75, 3.05) is 24.5 Å². The molecule has 3 aromatic rings. The fourth-order valence-corrected chi connectivity index (χ4v) is 4.22. The molecule has 2 N–H and O–H groups in total. The molecule has 9 nitrogen and oxygen atoms in total. The van der Waals surface area contributed by atoms with E-state index in [4.69, 9.17) is 10.7 Å². The van der Waals surface area contributed by atoms with Gasteiger partial charge in [0, 0.05) is 38.3 Å². The van der Waals surface area contributed by atoms with Gasteiger partial charge in [0.1, 0.15) is 11.5 Å². The number of amides is 2. The minimum atomic E-state index is -0.590. The predicted octanol–water partition coefficient (Wildman–Crippen LogP) is 1.09. The van der Waals surface area contributed by atoms with E-state index in [1.807, 2.05) is 23.1 Å². The van der Waals surface area contributed by atoms with Gasteiger partial charge in [0.15, 0.2) is 5.65 Å². The first-order chi connectivity index (χ1) is 14.1. The summed E-state index contributed by atoms with van der Waals surface area (Å²) in [6, 6.07) is 6.13. The number of rotatable bonds is 3. The molecule has 0 saturated carbocycles. The molecule has 29 heavy (non-hydrogen) atoms. The maximum absolute atomic E-state index is 12.1. The number of carbonyl (C=O) groups excluding carboxylic acids is 2. The molecule has 0 spiro atoms. The number of carbonyl (C=O) groups is 2. The predicted molar refractivity (Wildman–Crippen MR) is 106 cm³/mol. The molecule has 0 unspecified atom stereocenters. The van der Waals surface area contributed by atoms with Crippen molar-refractivity contribution in [2.45, 2.75) is 25.3 Å². The Hall–Kier alpha value is -3.49. The summed E-state index contributed by atoms with van der Waals surface area (Å²) in [4.78, 5) is 41.1. The summed E-state index contributed by atoms with van der Waals surface area (Å²) in [6.07, 6.45) is 7.48. The second-order valence-electron chi connectivity index (χ2n) is 7.47. The van der Waals surface area contributed by atoms with Crippen molar-refractivity contribution in [2.24, 2.45) is 5.73 Å². The van der Waals surface area contributed by atoms with E-state index in [0.717, 1.165) is 49.7 Å². The summed E-state index contributed by atoms with van der Waals surface area (Å²) in [5, 5.41) is 0. The molecule has 1 atom stereocenters. The zero-order valence-corrected chi connectivity index (χ0v) is 15.9. The van der Waals surface area contributed by atoms with Gasteiger partial charge in [0.05, 0.1) is 23.8 Å². The zero-order chi connectivity index (χ0) is 20.0. The summed E-state index contributed by atoms with van der Waals surface area (Å²) >= 11 is 0. The molecule has 0 bridgehead atoms. The van der Waals surface area contributed by atoms with Crippen LogP contribution < -0.4 is 10.6 Å². The van der Waals surface area contributed by atoms with Gasteiger partial charge in [-0.05, 0) is 25.0 Å². The molecule has 0 radical (unpaired) electrons. The lowest BCUT2D eigenvalue weighted by Crippen LogP contribution is -2.57. The second kappa shape index (κ2) is 6.84. The number of piperazine rings is 1. The van der Waals surface area contributed by atoms with Gasteiger partial charge < -0.3 is 15.5 Å². The van der Waals surface area contributed by atoms with E-state index in [-0.39, 0.29) is 17.6 Å². The number of hydrogen-bond acceptors (Lipinski definition) is 6. The van der Waals surface area contributed by atoms with Crippen molar-refractivity contribution < 1.29 is 9.59 Å². The molecule has 9 heteroatoms. The Morgan fingerprint density at radius 2 is 2.07 bits per heavy atom. The Morgan fingerprint density at radius 1 is 1.17 bits per heavy atom. The number of nitrogens with two attached hydrogens (primary N) is 1. The Bertz CT molecular complexity index is 1110. The molecule has 3 aromatic heterocycles. The Kier molecular flexibility index (Phi) is 4.15. The van der Waals surface area contributed by atoms with Crippen molar-refractivity contribution in [1.29, 1.82) is 0 Å². The zero-order valence-electron chi connectivity index (χ0n) is 15.9. The van der Waals surface area contributed by atoms with Gasteiger partial charge in [-0.3, -0.25) is 14.0 Å². The van der Waals surface area contributed by atoms with Crippen molar-refractivity contribution in [1.82, 2.24) is 24.3 Å². The average molecular weight is 391 g/mol. The largest absolute Gasteiger partial charge is 0.364 e. The second-order valence-corrected chi connectivity index (χ2v) is 7.47. The van der Waals surface area contributed by atoms with Crippen LogP contribution in [0.5, 0.6) is 0 Å². The lowest BCUT2D eigenvalue weighted by molar-refractivity contribution is -0.136. The molecule has 5 rings (SSSR count). The number of aromatic nitrogens is 4. The van der Waals surface area contributed by atoms with Crippen LogP contribution in [0.25, 0.3) is 17.0 Å². The fourth-order valence-electron chi connectivity index (χ4n) is 4.22. The summed E-state index contributed by atoms with van der Waals surface area (Å²) in [6.45, 7) is 2.30. The maximum Gasteiger partial charge on any atom is 0.268 e. The molecule has 2 aliphatic heterocycles. The quantitative estimate of drug-likeness (QED) is 0.716. The van der Waals surface area contributed by atoms with Crippen molar-refractivity contribution in [3.05, 3.63) is 42.5 Å². The van der Waals surface area contributed by atoms with E-state index in [1.165, 1.54) is 6.20 Å². The molecule has 148 valence electrons. The summed E-state index contributed by atoms with van der Waals surface area (Å²) in [7, 11) is 0. The lowest BCUT2D eigenvalue weighted by atomic mass is 9.99. The molecule has 2 saturated heterocycles. The Labute approximate surface area is 167 Å². The van der Waals surface area contributed by atoms with Crippen molar-refractivity contribution >= 4 is 23.3 Å². The highest BCUT2D eigenvalue weighted by molar-refractivity contribution is 5.90. The SMILES string of the molecule is NC(=O)c1cn2c(-c3cccc(N4CCN5C(=O)CCC[C@H]5C4)n3)cnc2cn1. The highest BCUT2D eigenvalue weighted by Gasteiger charge is 2.33. The van der Waals surface area contributed by atoms with E-state index in [1.54, 1.807) is 16.8 Å². The third-order valence-electron chi connectivity index (χ3n) is 5.70. The molecular weight excluding hydrogens is 370 g/mol. The van der Waals surface area contributed by atoms with Crippen LogP contribution in [0.2, 0.25) is 0 Å². The number of nitrogens with zero attached hydrogens (tertiary/aromatic N) is 6. The maximum atomic E-state index is 12.1. The normalized spacial score (nSPS) is 19.4. The minimum absolute atomic E-state index is 0.172. The number of hydrogen-bond donors (Lipinski definition) is 1. The van der Waals surface area contributed by atoms with E-state index < -0.39 is 5.91 Å². The monoisotopic (exact) mass is 391 g/mol. The van der Waals surface area contributed by atoms with Crippen LogP contribution >= 0.6 is 0 Å². The van der Waals surface area contributed by atoms with Gasteiger partial charge in [-0.25, -0.2) is 15.0 Å². The number of piperidine rings is 1. The van der Waals surface area contributed by atoms with Crippen LogP contribution in [0.15, 0.2) is 36.8 Å². The number of fused-ring (bicyclic) bond motifs is 2. The molecule has 2 fully saturated rings. The molecule has 2 aliphatic rings. The number of imidazole rings is 1. The number of pyridine rings is 1. The van der Waals surface area contributed by atoms with Crippen LogP contribution in [-0.2, 0) is 4.79 Å². The summed E-state index contributed by atoms with van der Waals surface area (Å²) in [5.74, 6) is 0.555. The van der Waals surface area contributed by atoms with Crippen LogP contribution in [0.3, 0.4) is 0 Å². The Morgan fingerprint density at radius 3 is 2.93 bits per heavy atom. The third kappa shape index (κ3) is 3.08. The van der Waals surface area contributed by atoms with Crippen molar-refractivity contribution in [3.63, 3.8) is 0 Å². The van der Waals surface area contributed by atoms with Gasteiger partial charge in [-0.1, -0.05) is 6.07 Å². The first-order valence-electron chi connectivity index (χ1n) is 9.75. The van der Waals surface area contributed by atoms with Gasteiger partial charge in [0.25, 0.3) is 5.91 Å². The summed E-state index contributed by atoms with van der Waals surface area (Å²) in [5.41, 5.74) is 7.66. The van der Waals surface area contributed by atoms with E-state index in [0.29, 0.717) is 12.1 Å². The van der Waals surface area contributed by atoms with Gasteiger partial charge in [-0.15, -0.1) is 0 Å². The first kappa shape index (κ1) is 17.6. The standard InChI is InChI=1S/C20H21N7O2/c21-20(29)15-12-27-16(9-23-18(27)10-22-15)14-4-2-5-17(24-14)25-7-8-26-13(11-25)3-1-6-19(26)28/h2,4-5,9-10,12-13H,1,3,6-8,11H2,(H2,21,29)/t13-/m0/s1. The minimum Gasteiger partial charge on any atom is -0.364 e. The van der Waals surface area contributed by atoms with Crippen LogP contribution in [0.1, 0.15) is 29.8 Å². The van der Waals surface area contributed by atoms with Gasteiger partial charge in [-0.2, -0.15) is 0 Å². The fraction of sp³-hybridized carbons (Fsp3) is 0.350. The third-order valence-corrected chi connectivity index (χ3v) is 5.70. The lowest BCUT2D eigenvalue weighted by Gasteiger charge is -2.44. The molecule has 5 heterocycles. The molecule has 0 aromatic carbocycles. The van der Waals surface area contributed by atoms with Crippen molar-refractivity contribution in [3.8, 4) is 11.4 Å². The smallest absolute Gasteiger partial charge is 0.268 e. The van der Waals surface area contributed by atoms with Gasteiger partial charge >= 0.3 is 0 Å². The topological polar surface area (TPSA) is 110 Å². The van der Waals surface area contributed by atoms with E-state index >= 15 is 0 Å². The molecule has 2 amide bonds. The van der Waals surface area contributed by atoms with E-state index in [9.17, 15) is 9.59 Å². The van der Waals surface area contributed by atoms with E-state index in [2.05, 4.69) is 14.9 Å². The highest BCUT2D eigenvalue weighted by atomic mass is 16.2. The van der Waals surface area contributed by atoms with Crippen LogP contribution in [0.4, 0.5) is 5.82 Å². The number of anilines is 1. The first-order valence-corrected chi connectivity index (χ1v) is 9.75. The molecular formula is C20H21N7O2. The average Bonchev–Trinajstić information content (AvgIpc) is 3.17. The summed E-state index contributed by atoms with van der Waals surface area (Å²) < 4.78 is 1.77. The van der Waals surface area contributed by atoms with Crippen LogP contribution in [0, 0.1) is 0 Å². The molecule has 0 aliphatic carbocycles. The highest BCUT2D eigenvalue weighted by Crippen LogP contribution is 2.27. The Balaban J connectivity index is 1.46.